The number of para-hydroxylation sites is 1. The number of hydrogen-bond donors (Lipinski definition) is 0. The number of fused-ring (bicyclic) bond motifs is 3. The Hall–Kier alpha value is -2.00. The summed E-state index contributed by atoms with van der Waals surface area (Å²) < 4.78 is 21.0. The molecule has 4 nitrogen and oxygen atoms in total. The van der Waals surface area contributed by atoms with Crippen LogP contribution < -0.4 is 33.8 Å². The van der Waals surface area contributed by atoms with Gasteiger partial charge in [0, 0.05) is 5.39 Å². The third-order valence-electron chi connectivity index (χ3n) is 4.17. The van der Waals surface area contributed by atoms with Gasteiger partial charge in [-0.2, -0.15) is 3.57 Å². The van der Waals surface area contributed by atoms with Crippen molar-refractivity contribution in [2.45, 2.75) is 6.54 Å². The SMILES string of the molecule is O=c1oc2c(c([I-])c1Br)c(=O)n(Cc1ccc(F)cc1)c1ccccc21. The van der Waals surface area contributed by atoms with Crippen molar-refractivity contribution in [1.82, 2.24) is 4.57 Å². The maximum Gasteiger partial charge on any atom is 0.348 e. The van der Waals surface area contributed by atoms with Gasteiger partial charge in [-0.3, -0.25) is 4.79 Å². The van der Waals surface area contributed by atoms with E-state index in [1.165, 1.54) is 12.1 Å². The van der Waals surface area contributed by atoms with Crippen LogP contribution in [0.15, 0.2) is 67.0 Å². The molecule has 26 heavy (non-hydrogen) atoms. The summed E-state index contributed by atoms with van der Waals surface area (Å²) in [6, 6.07) is 13.3. The summed E-state index contributed by atoms with van der Waals surface area (Å²) in [5.41, 5.74) is 0.929. The fourth-order valence-corrected chi connectivity index (χ4v) is 3.92. The fraction of sp³-hybridized carbons (Fsp3) is 0.0526. The van der Waals surface area contributed by atoms with E-state index < -0.39 is 5.63 Å². The van der Waals surface area contributed by atoms with Crippen molar-refractivity contribution in [3.8, 4) is 0 Å². The molecule has 0 aliphatic rings. The molecular weight excluding hydrogens is 516 g/mol. The zero-order chi connectivity index (χ0) is 18.4. The molecule has 0 bridgehead atoms. The zero-order valence-corrected chi connectivity index (χ0v) is 16.9. The summed E-state index contributed by atoms with van der Waals surface area (Å²) in [5, 5.41) is 1.02. The zero-order valence-electron chi connectivity index (χ0n) is 13.1. The van der Waals surface area contributed by atoms with Crippen molar-refractivity contribution in [3.05, 3.63) is 88.7 Å². The van der Waals surface area contributed by atoms with Crippen molar-refractivity contribution in [2.24, 2.45) is 0 Å². The van der Waals surface area contributed by atoms with Crippen molar-refractivity contribution < 1.29 is 31.4 Å². The highest BCUT2D eigenvalue weighted by Crippen LogP contribution is 2.24. The maximum atomic E-state index is 13.2. The van der Waals surface area contributed by atoms with Crippen molar-refractivity contribution in [3.63, 3.8) is 0 Å². The van der Waals surface area contributed by atoms with Gasteiger partial charge in [-0.05, 0) is 45.8 Å². The van der Waals surface area contributed by atoms with E-state index in [9.17, 15) is 14.0 Å². The van der Waals surface area contributed by atoms with E-state index in [1.807, 2.05) is 40.8 Å². The van der Waals surface area contributed by atoms with E-state index in [2.05, 4.69) is 15.9 Å². The standard InChI is InChI=1S/C19H10BrFINO3/c20-15-16(22)14-17(26-19(15)25)12-3-1-2-4-13(12)23(18(14)24)9-10-5-7-11(21)8-6-10/h1-8H,9H2/q-1. The Labute approximate surface area is 168 Å². The molecule has 0 saturated heterocycles. The van der Waals surface area contributed by atoms with Crippen molar-refractivity contribution in [1.29, 1.82) is 0 Å². The molecule has 0 amide bonds. The van der Waals surface area contributed by atoms with Crippen LogP contribution in [0.25, 0.3) is 21.9 Å². The molecule has 0 spiro atoms. The van der Waals surface area contributed by atoms with Crippen LogP contribution in [0.1, 0.15) is 5.56 Å². The Morgan fingerprint density at radius 1 is 1.08 bits per heavy atom. The molecule has 0 aliphatic carbocycles. The van der Waals surface area contributed by atoms with E-state index >= 15 is 0 Å². The van der Waals surface area contributed by atoms with Gasteiger partial charge in [-0.15, -0.1) is 0 Å². The lowest BCUT2D eigenvalue weighted by Crippen LogP contribution is -3.34. The summed E-state index contributed by atoms with van der Waals surface area (Å²) in [5.74, 6) is -0.329. The smallest absolute Gasteiger partial charge is 0.348 e. The minimum Gasteiger partial charge on any atom is -0.756 e. The second kappa shape index (κ2) is 6.62. The van der Waals surface area contributed by atoms with Crippen LogP contribution in [-0.2, 0) is 6.54 Å². The summed E-state index contributed by atoms with van der Waals surface area (Å²) in [4.78, 5) is 25.3. The van der Waals surface area contributed by atoms with Gasteiger partial charge in [0.2, 0.25) is 0 Å². The van der Waals surface area contributed by atoms with E-state index in [0.29, 0.717) is 19.9 Å². The number of nitrogens with zero attached hydrogens (tertiary/aromatic N) is 1. The Bertz CT molecular complexity index is 1280. The molecule has 2 heterocycles. The molecular formula is C19H10BrFINO3-. The minimum absolute atomic E-state index is 0.228. The van der Waals surface area contributed by atoms with E-state index in [-0.39, 0.29) is 28.0 Å². The topological polar surface area (TPSA) is 52.2 Å². The predicted molar refractivity (Wildman–Crippen MR) is 96.1 cm³/mol. The van der Waals surface area contributed by atoms with Crippen LogP contribution in [0.2, 0.25) is 0 Å². The summed E-state index contributed by atoms with van der Waals surface area (Å²) in [6.45, 7) is 0.280. The fourth-order valence-electron chi connectivity index (χ4n) is 2.94. The average Bonchev–Trinajstić information content (AvgIpc) is 2.64. The highest BCUT2D eigenvalue weighted by molar-refractivity contribution is 9.10. The first-order valence-corrected chi connectivity index (χ1v) is 9.52. The maximum absolute atomic E-state index is 13.2. The van der Waals surface area contributed by atoms with Crippen LogP contribution in [0.4, 0.5) is 4.39 Å². The molecule has 2 aromatic carbocycles. The van der Waals surface area contributed by atoms with Gasteiger partial charge in [-0.1, -0.05) is 24.3 Å². The van der Waals surface area contributed by atoms with Crippen LogP contribution in [0.5, 0.6) is 0 Å². The second-order valence-corrected chi connectivity index (χ2v) is 7.63. The second-order valence-electron chi connectivity index (χ2n) is 5.76. The molecule has 4 aromatic rings. The first kappa shape index (κ1) is 17.4. The van der Waals surface area contributed by atoms with Crippen LogP contribution >= 0.6 is 15.9 Å². The number of hydrogen-bond acceptors (Lipinski definition) is 3. The lowest BCUT2D eigenvalue weighted by Gasteiger charge is -2.17. The van der Waals surface area contributed by atoms with Gasteiger partial charge >= 0.3 is 5.63 Å². The Kier molecular flexibility index (Phi) is 4.44. The van der Waals surface area contributed by atoms with Crippen molar-refractivity contribution in [2.75, 3.05) is 0 Å². The number of pyridine rings is 1. The van der Waals surface area contributed by atoms with Crippen LogP contribution in [0, 0.1) is 9.39 Å². The first-order chi connectivity index (χ1) is 12.5. The van der Waals surface area contributed by atoms with Gasteiger partial charge in [0.1, 0.15) is 5.82 Å². The van der Waals surface area contributed by atoms with Gasteiger partial charge in [0.15, 0.2) is 5.58 Å². The number of halogens is 3. The number of benzene rings is 2. The third-order valence-corrected chi connectivity index (χ3v) is 6.71. The quantitative estimate of drug-likeness (QED) is 0.287. The van der Waals surface area contributed by atoms with Gasteiger partial charge in [-0.25, -0.2) is 9.18 Å². The van der Waals surface area contributed by atoms with Gasteiger partial charge in [0.25, 0.3) is 5.56 Å². The lowest BCUT2D eigenvalue weighted by atomic mass is 10.1. The molecule has 0 aliphatic heterocycles. The van der Waals surface area contributed by atoms with Gasteiger partial charge < -0.3 is 31.6 Å². The molecule has 2 aromatic heterocycles. The Morgan fingerprint density at radius 2 is 1.77 bits per heavy atom. The van der Waals surface area contributed by atoms with Crippen LogP contribution in [0.3, 0.4) is 0 Å². The normalized spacial score (nSPS) is 11.3. The Balaban J connectivity index is 2.11. The summed E-state index contributed by atoms with van der Waals surface area (Å²) in [7, 11) is 0. The molecule has 0 unspecified atom stereocenters. The molecule has 131 valence electrons. The summed E-state index contributed by atoms with van der Waals surface area (Å²) in [6.07, 6.45) is 0. The van der Waals surface area contributed by atoms with Crippen molar-refractivity contribution >= 4 is 37.8 Å². The molecule has 0 fully saturated rings. The third kappa shape index (κ3) is 2.79. The molecule has 7 heteroatoms. The summed E-state index contributed by atoms with van der Waals surface area (Å²) >= 11 is 5.16. The predicted octanol–water partition coefficient (Wildman–Crippen LogP) is 0.781. The number of rotatable bonds is 2. The van der Waals surface area contributed by atoms with Crippen LogP contribution in [-0.4, -0.2) is 4.57 Å². The number of aromatic nitrogens is 1. The monoisotopic (exact) mass is 525 g/mol. The molecule has 0 atom stereocenters. The van der Waals surface area contributed by atoms with E-state index in [4.69, 9.17) is 4.42 Å². The highest BCUT2D eigenvalue weighted by Gasteiger charge is 2.15. The lowest BCUT2D eigenvalue weighted by molar-refractivity contribution is -0.326. The Morgan fingerprint density at radius 3 is 2.50 bits per heavy atom. The average molecular weight is 526 g/mol. The molecule has 4 rings (SSSR count). The minimum atomic E-state index is -0.525. The van der Waals surface area contributed by atoms with Gasteiger partial charge in [0.05, 0.1) is 21.9 Å². The molecule has 0 N–H and O–H groups in total. The van der Waals surface area contributed by atoms with E-state index in [0.717, 1.165) is 5.56 Å². The highest BCUT2D eigenvalue weighted by atomic mass is 127. The molecule has 1 radical (unpaired) electrons. The first-order valence-electron chi connectivity index (χ1n) is 7.65. The molecule has 0 saturated carbocycles. The largest absolute Gasteiger partial charge is 0.756 e. The van der Waals surface area contributed by atoms with E-state index in [1.54, 1.807) is 22.8 Å².